The van der Waals surface area contributed by atoms with Crippen molar-refractivity contribution in [1.82, 2.24) is 0 Å². The molecule has 0 aliphatic rings. The van der Waals surface area contributed by atoms with E-state index in [0.717, 1.165) is 25.7 Å². The van der Waals surface area contributed by atoms with Crippen LogP contribution in [0.3, 0.4) is 0 Å². The highest BCUT2D eigenvalue weighted by molar-refractivity contribution is 5.66. The molecular weight excluding hydrogens is 200 g/mol. The van der Waals surface area contributed by atoms with Crippen molar-refractivity contribution in [2.24, 2.45) is 0 Å². The van der Waals surface area contributed by atoms with Gasteiger partial charge in [-0.25, -0.2) is 0 Å². The van der Waals surface area contributed by atoms with E-state index in [-0.39, 0.29) is 5.97 Å². The summed E-state index contributed by atoms with van der Waals surface area (Å²) in [6, 6.07) is 0. The van der Waals surface area contributed by atoms with Crippen molar-refractivity contribution in [3.8, 4) is 0 Å². The van der Waals surface area contributed by atoms with E-state index < -0.39 is 0 Å². The van der Waals surface area contributed by atoms with Gasteiger partial charge in [0.05, 0.1) is 0 Å². The zero-order chi connectivity index (χ0) is 12.4. The number of ether oxygens (including phenoxy) is 1. The lowest BCUT2D eigenvalue weighted by atomic mass is 10.1. The van der Waals surface area contributed by atoms with Crippen molar-refractivity contribution in [2.45, 2.75) is 53.4 Å². The molecule has 0 atom stereocenters. The molecule has 0 spiro atoms. The Balaban J connectivity index is 3.95. The van der Waals surface area contributed by atoms with Crippen molar-refractivity contribution in [3.63, 3.8) is 0 Å². The van der Waals surface area contributed by atoms with Crippen LogP contribution in [0.4, 0.5) is 0 Å². The first kappa shape index (κ1) is 14.9. The van der Waals surface area contributed by atoms with Gasteiger partial charge in [-0.2, -0.15) is 0 Å². The Labute approximate surface area is 99.4 Å². The first-order valence-electron chi connectivity index (χ1n) is 6.07. The summed E-state index contributed by atoms with van der Waals surface area (Å²) in [4.78, 5) is 10.6. The van der Waals surface area contributed by atoms with Gasteiger partial charge in [-0.1, -0.05) is 31.1 Å². The molecule has 0 saturated carbocycles. The minimum absolute atomic E-state index is 0.214. The second kappa shape index (κ2) is 9.20. The number of esters is 1. The van der Waals surface area contributed by atoms with Gasteiger partial charge in [0.2, 0.25) is 0 Å². The molecule has 0 heterocycles. The van der Waals surface area contributed by atoms with Gasteiger partial charge in [-0.15, -0.1) is 0 Å². The molecule has 0 amide bonds. The second-order valence-electron chi connectivity index (χ2n) is 3.96. The van der Waals surface area contributed by atoms with Crippen LogP contribution < -0.4 is 0 Å². The normalized spacial score (nSPS) is 12.8. The molecular formula is C14H24O2. The molecule has 16 heavy (non-hydrogen) atoms. The minimum Gasteiger partial charge on any atom is -0.462 e. The highest BCUT2D eigenvalue weighted by Crippen LogP contribution is 2.11. The maximum Gasteiger partial charge on any atom is 0.302 e. The zero-order valence-corrected chi connectivity index (χ0v) is 11.0. The van der Waals surface area contributed by atoms with E-state index in [2.05, 4.69) is 26.8 Å². The summed E-state index contributed by atoms with van der Waals surface area (Å²) in [7, 11) is 0. The van der Waals surface area contributed by atoms with Crippen LogP contribution >= 0.6 is 0 Å². The van der Waals surface area contributed by atoms with E-state index in [1.807, 2.05) is 6.08 Å². The van der Waals surface area contributed by atoms with Crippen molar-refractivity contribution >= 4 is 5.97 Å². The van der Waals surface area contributed by atoms with Gasteiger partial charge >= 0.3 is 5.97 Å². The summed E-state index contributed by atoms with van der Waals surface area (Å²) in [6.07, 6.45) is 8.61. The van der Waals surface area contributed by atoms with Gasteiger partial charge in [-0.3, -0.25) is 4.79 Å². The molecule has 92 valence electrons. The first-order valence-corrected chi connectivity index (χ1v) is 6.07. The van der Waals surface area contributed by atoms with E-state index in [4.69, 9.17) is 4.74 Å². The van der Waals surface area contributed by atoms with Crippen molar-refractivity contribution in [2.75, 3.05) is 6.61 Å². The highest BCUT2D eigenvalue weighted by Gasteiger charge is 1.95. The molecule has 0 aliphatic heterocycles. The molecule has 0 fully saturated rings. The summed E-state index contributed by atoms with van der Waals surface area (Å²) in [6.45, 7) is 8.31. The van der Waals surface area contributed by atoms with Gasteiger partial charge in [0.1, 0.15) is 6.61 Å². The molecule has 2 nitrogen and oxygen atoms in total. The molecule has 0 unspecified atom stereocenters. The number of allylic oxidation sites excluding steroid dienone is 3. The van der Waals surface area contributed by atoms with Crippen LogP contribution in [0.25, 0.3) is 0 Å². The zero-order valence-electron chi connectivity index (χ0n) is 11.0. The minimum atomic E-state index is -0.214. The summed E-state index contributed by atoms with van der Waals surface area (Å²) >= 11 is 0. The van der Waals surface area contributed by atoms with Crippen LogP contribution in [0.15, 0.2) is 23.3 Å². The fourth-order valence-electron chi connectivity index (χ4n) is 1.35. The molecule has 0 bridgehead atoms. The third-order valence-corrected chi connectivity index (χ3v) is 2.63. The van der Waals surface area contributed by atoms with Gasteiger partial charge in [0.25, 0.3) is 0 Å². The van der Waals surface area contributed by atoms with Crippen LogP contribution in [0.2, 0.25) is 0 Å². The third kappa shape index (κ3) is 8.27. The molecule has 0 N–H and O–H groups in total. The van der Waals surface area contributed by atoms with Crippen molar-refractivity contribution in [1.29, 1.82) is 0 Å². The van der Waals surface area contributed by atoms with Crippen molar-refractivity contribution < 1.29 is 9.53 Å². The Kier molecular flexibility index (Phi) is 8.59. The standard InChI is InChI=1S/C14H24O2/c1-5-12(3)8-7-9-14(6-2)10-11-16-13(4)15/h8,10H,5-7,9,11H2,1-4H3/b12-8?,14-10+. The topological polar surface area (TPSA) is 26.3 Å². The molecule has 0 saturated heterocycles. The SMILES string of the molecule is CCC(C)=CCC/C(=C/COC(C)=O)CC. The fraction of sp³-hybridized carbons (Fsp3) is 0.643. The van der Waals surface area contributed by atoms with Crippen LogP contribution in [0.5, 0.6) is 0 Å². The average molecular weight is 224 g/mol. The summed E-state index contributed by atoms with van der Waals surface area (Å²) in [5, 5.41) is 0. The molecule has 0 aromatic rings. The lowest BCUT2D eigenvalue weighted by Crippen LogP contribution is -1.98. The average Bonchev–Trinajstić information content (AvgIpc) is 2.26. The second-order valence-corrected chi connectivity index (χ2v) is 3.96. The van der Waals surface area contributed by atoms with E-state index in [9.17, 15) is 4.79 Å². The van der Waals surface area contributed by atoms with E-state index in [1.165, 1.54) is 18.1 Å². The first-order chi connectivity index (χ1) is 7.60. The number of rotatable bonds is 7. The molecule has 0 rings (SSSR count). The van der Waals surface area contributed by atoms with E-state index in [0.29, 0.717) is 6.61 Å². The van der Waals surface area contributed by atoms with Gasteiger partial charge < -0.3 is 4.74 Å². The number of carbonyl (C=O) groups excluding carboxylic acids is 1. The van der Waals surface area contributed by atoms with Crippen LogP contribution in [-0.2, 0) is 9.53 Å². The lowest BCUT2D eigenvalue weighted by Gasteiger charge is -2.04. The maximum absolute atomic E-state index is 10.6. The summed E-state index contributed by atoms with van der Waals surface area (Å²) < 4.78 is 4.89. The van der Waals surface area contributed by atoms with Gasteiger partial charge in [-0.05, 0) is 38.7 Å². The number of hydrogen-bond donors (Lipinski definition) is 0. The van der Waals surface area contributed by atoms with Crippen LogP contribution in [0.1, 0.15) is 53.4 Å². The monoisotopic (exact) mass is 224 g/mol. The molecule has 0 radical (unpaired) electrons. The van der Waals surface area contributed by atoms with E-state index >= 15 is 0 Å². The Morgan fingerprint density at radius 1 is 1.12 bits per heavy atom. The highest BCUT2D eigenvalue weighted by atomic mass is 16.5. The summed E-state index contributed by atoms with van der Waals surface area (Å²) in [5.74, 6) is -0.214. The maximum atomic E-state index is 10.6. The molecule has 0 aromatic heterocycles. The molecule has 0 aromatic carbocycles. The van der Waals surface area contributed by atoms with Crippen molar-refractivity contribution in [3.05, 3.63) is 23.3 Å². The summed E-state index contributed by atoms with van der Waals surface area (Å²) in [5.41, 5.74) is 2.80. The third-order valence-electron chi connectivity index (χ3n) is 2.63. The Morgan fingerprint density at radius 3 is 2.31 bits per heavy atom. The number of hydrogen-bond acceptors (Lipinski definition) is 2. The molecule has 2 heteroatoms. The lowest BCUT2D eigenvalue weighted by molar-refractivity contribution is -0.139. The van der Waals surface area contributed by atoms with E-state index in [1.54, 1.807) is 0 Å². The van der Waals surface area contributed by atoms with Gasteiger partial charge in [0, 0.05) is 6.92 Å². The van der Waals surface area contributed by atoms with Crippen LogP contribution in [-0.4, -0.2) is 12.6 Å². The Hall–Kier alpha value is -1.05. The predicted molar refractivity (Wildman–Crippen MR) is 68.3 cm³/mol. The van der Waals surface area contributed by atoms with Gasteiger partial charge in [0.15, 0.2) is 0 Å². The molecule has 0 aliphatic carbocycles. The fourth-order valence-corrected chi connectivity index (χ4v) is 1.35. The van der Waals surface area contributed by atoms with Crippen LogP contribution in [0, 0.1) is 0 Å². The Bertz CT molecular complexity index is 262. The Morgan fingerprint density at radius 2 is 1.81 bits per heavy atom. The number of carbonyl (C=O) groups is 1. The smallest absolute Gasteiger partial charge is 0.302 e. The predicted octanol–water partition coefficient (Wildman–Crippen LogP) is 4.02. The quantitative estimate of drug-likeness (QED) is 0.482. The largest absolute Gasteiger partial charge is 0.462 e.